The van der Waals surface area contributed by atoms with Gasteiger partial charge in [0.15, 0.2) is 0 Å². The van der Waals surface area contributed by atoms with Crippen LogP contribution >= 0.6 is 0 Å². The van der Waals surface area contributed by atoms with Gasteiger partial charge in [-0.1, -0.05) is 0 Å². The summed E-state index contributed by atoms with van der Waals surface area (Å²) >= 11 is 0. The summed E-state index contributed by atoms with van der Waals surface area (Å²) in [6, 6.07) is 3.32. The monoisotopic (exact) mass is 267 g/mol. The number of rotatable bonds is 1. The molecule has 1 aliphatic heterocycles. The molecule has 0 saturated heterocycles. The van der Waals surface area contributed by atoms with E-state index in [0.29, 0.717) is 0 Å². The van der Waals surface area contributed by atoms with Crippen LogP contribution in [-0.4, -0.2) is 76.0 Å². The number of carbonyl (C=O) groups excluding carboxylic acids is 2. The number of fused-ring (bicyclic) bond motifs is 1. The Morgan fingerprint density at radius 2 is 1.81 bits per heavy atom. The third-order valence-corrected chi connectivity index (χ3v) is 2.84. The number of ketones is 1. The standard InChI is InChI=1S/C8H5NO5S.K.H/c10-7-5-3-4(15(12,13)14)1-2-6(5)9-8(7)11;;/h1-3H,(H,9,10,11)(H,12,13,14);;. The molecule has 1 amide bonds. The third kappa shape index (κ3) is 2.43. The molecule has 0 spiro atoms. The van der Waals surface area contributed by atoms with Gasteiger partial charge in [-0.15, -0.1) is 0 Å². The summed E-state index contributed by atoms with van der Waals surface area (Å²) in [5.41, 5.74) is 0.201. The van der Waals surface area contributed by atoms with Crippen molar-refractivity contribution >= 4 is 78.9 Å². The Hall–Kier alpha value is -0.0936. The molecule has 0 bridgehead atoms. The number of benzene rings is 1. The second-order valence-corrected chi connectivity index (χ2v) is 4.39. The number of carbonyl (C=O) groups is 2. The molecular weight excluding hydrogens is 261 g/mol. The molecule has 80 valence electrons. The summed E-state index contributed by atoms with van der Waals surface area (Å²) < 4.78 is 30.2. The predicted octanol–water partition coefficient (Wildman–Crippen LogP) is -0.580. The number of nitrogens with one attached hydrogen (secondary N) is 1. The maximum atomic E-state index is 11.2. The van der Waals surface area contributed by atoms with E-state index in [1.807, 2.05) is 0 Å². The molecule has 1 aromatic carbocycles. The van der Waals surface area contributed by atoms with Crippen molar-refractivity contribution in [2.75, 3.05) is 5.32 Å². The second-order valence-electron chi connectivity index (χ2n) is 2.97. The van der Waals surface area contributed by atoms with E-state index in [2.05, 4.69) is 5.32 Å². The minimum atomic E-state index is -4.36. The van der Waals surface area contributed by atoms with Gasteiger partial charge in [-0.25, -0.2) is 0 Å². The molecule has 0 saturated carbocycles. The minimum absolute atomic E-state index is 0. The van der Waals surface area contributed by atoms with Crippen LogP contribution in [0.5, 0.6) is 0 Å². The van der Waals surface area contributed by atoms with Gasteiger partial charge in [0, 0.05) is 0 Å². The maximum absolute atomic E-state index is 11.2. The number of amides is 1. The molecule has 16 heavy (non-hydrogen) atoms. The molecule has 0 aromatic heterocycles. The van der Waals surface area contributed by atoms with Crippen LogP contribution < -0.4 is 5.32 Å². The first-order valence-corrected chi connectivity index (χ1v) is 5.31. The Balaban J connectivity index is 0.00000128. The van der Waals surface area contributed by atoms with E-state index in [4.69, 9.17) is 4.55 Å². The topological polar surface area (TPSA) is 101 Å². The molecule has 0 aliphatic carbocycles. The molecule has 6 nitrogen and oxygen atoms in total. The summed E-state index contributed by atoms with van der Waals surface area (Å²) in [5.74, 6) is -1.62. The molecule has 0 fully saturated rings. The molecule has 8 heteroatoms. The van der Waals surface area contributed by atoms with Crippen LogP contribution in [0, 0.1) is 0 Å². The zero-order chi connectivity index (χ0) is 11.2. The quantitative estimate of drug-likeness (QED) is 0.403. The predicted molar refractivity (Wildman–Crippen MR) is 56.4 cm³/mol. The van der Waals surface area contributed by atoms with Crippen molar-refractivity contribution in [3.63, 3.8) is 0 Å². The van der Waals surface area contributed by atoms with Gasteiger partial charge >= 0.3 is 51.4 Å². The van der Waals surface area contributed by atoms with E-state index in [1.54, 1.807) is 0 Å². The molecule has 1 aliphatic rings. The first-order chi connectivity index (χ1) is 6.89. The van der Waals surface area contributed by atoms with Gasteiger partial charge < -0.3 is 5.32 Å². The van der Waals surface area contributed by atoms with Gasteiger partial charge in [0.25, 0.3) is 21.8 Å². The molecule has 0 atom stereocenters. The summed E-state index contributed by atoms with van der Waals surface area (Å²) in [7, 11) is -4.36. The molecule has 2 N–H and O–H groups in total. The van der Waals surface area contributed by atoms with Crippen molar-refractivity contribution in [2.45, 2.75) is 4.90 Å². The van der Waals surface area contributed by atoms with Crippen LogP contribution in [0.25, 0.3) is 0 Å². The van der Waals surface area contributed by atoms with E-state index in [0.717, 1.165) is 12.1 Å². The van der Waals surface area contributed by atoms with Crippen molar-refractivity contribution in [3.8, 4) is 0 Å². The van der Waals surface area contributed by atoms with Crippen molar-refractivity contribution in [3.05, 3.63) is 23.8 Å². The fourth-order valence-electron chi connectivity index (χ4n) is 1.28. The Morgan fingerprint density at radius 1 is 1.19 bits per heavy atom. The van der Waals surface area contributed by atoms with Crippen LogP contribution in [0.4, 0.5) is 5.69 Å². The van der Waals surface area contributed by atoms with Gasteiger partial charge in [-0.3, -0.25) is 14.1 Å². The summed E-state index contributed by atoms with van der Waals surface area (Å²) in [6.07, 6.45) is 0. The van der Waals surface area contributed by atoms with Crippen LogP contribution in [0.1, 0.15) is 10.4 Å². The van der Waals surface area contributed by atoms with Crippen molar-refractivity contribution in [1.82, 2.24) is 0 Å². The first-order valence-electron chi connectivity index (χ1n) is 3.87. The Labute approximate surface area is 134 Å². The molecular formula is C8H6KNO5S. The van der Waals surface area contributed by atoms with Crippen molar-refractivity contribution in [1.29, 1.82) is 0 Å². The van der Waals surface area contributed by atoms with Crippen molar-refractivity contribution in [2.24, 2.45) is 0 Å². The van der Waals surface area contributed by atoms with Gasteiger partial charge in [-0.2, -0.15) is 8.42 Å². The molecule has 0 unspecified atom stereocenters. The molecule has 2 rings (SSSR count). The summed E-state index contributed by atoms with van der Waals surface area (Å²) in [6.45, 7) is 0. The van der Waals surface area contributed by atoms with Crippen LogP contribution in [-0.2, 0) is 14.9 Å². The normalized spacial score (nSPS) is 14.1. The average Bonchev–Trinajstić information content (AvgIpc) is 2.41. The molecule has 1 heterocycles. The number of Topliss-reactive ketones (excluding diaryl/α,β-unsaturated/α-hetero) is 1. The number of anilines is 1. The zero-order valence-corrected chi connectivity index (χ0v) is 8.04. The van der Waals surface area contributed by atoms with Crippen LogP contribution in [0.2, 0.25) is 0 Å². The Bertz CT molecular complexity index is 580. The zero-order valence-electron chi connectivity index (χ0n) is 7.22. The second kappa shape index (κ2) is 4.65. The fourth-order valence-corrected chi connectivity index (χ4v) is 1.79. The molecule has 1 aromatic rings. The Morgan fingerprint density at radius 3 is 2.38 bits per heavy atom. The average molecular weight is 267 g/mol. The van der Waals surface area contributed by atoms with E-state index < -0.39 is 26.7 Å². The first kappa shape index (κ1) is 14.0. The van der Waals surface area contributed by atoms with E-state index in [1.165, 1.54) is 6.07 Å². The van der Waals surface area contributed by atoms with Crippen molar-refractivity contribution < 1.29 is 22.6 Å². The van der Waals surface area contributed by atoms with Gasteiger partial charge in [-0.05, 0) is 18.2 Å². The summed E-state index contributed by atoms with van der Waals surface area (Å²) in [5, 5.41) is 2.26. The van der Waals surface area contributed by atoms with E-state index >= 15 is 0 Å². The van der Waals surface area contributed by atoms with Crippen LogP contribution in [0.15, 0.2) is 23.1 Å². The van der Waals surface area contributed by atoms with E-state index in [-0.39, 0.29) is 62.6 Å². The summed E-state index contributed by atoms with van der Waals surface area (Å²) in [4.78, 5) is 21.7. The van der Waals surface area contributed by atoms with Gasteiger partial charge in [0.2, 0.25) is 0 Å². The number of hydrogen-bond donors (Lipinski definition) is 2. The third-order valence-electron chi connectivity index (χ3n) is 1.99. The molecule has 0 radical (unpaired) electrons. The van der Waals surface area contributed by atoms with Gasteiger partial charge in [0.1, 0.15) is 0 Å². The number of hydrogen-bond acceptors (Lipinski definition) is 4. The fraction of sp³-hybridized carbons (Fsp3) is 0. The van der Waals surface area contributed by atoms with E-state index in [9.17, 15) is 18.0 Å². The Kier molecular flexibility index (Phi) is 4.06. The SMILES string of the molecule is O=C1Nc2ccc(S(=O)(=O)O)cc2C1=O.[KH]. The van der Waals surface area contributed by atoms with Crippen LogP contribution in [0.3, 0.4) is 0 Å². The van der Waals surface area contributed by atoms with Gasteiger partial charge in [0.05, 0.1) is 16.1 Å².